The van der Waals surface area contributed by atoms with Crippen molar-refractivity contribution in [3.05, 3.63) is 77.6 Å². The largest absolute Gasteiger partial charge is 0.497 e. The summed E-state index contributed by atoms with van der Waals surface area (Å²) < 4.78 is 16.9. The zero-order valence-electron chi connectivity index (χ0n) is 18.8. The topological polar surface area (TPSA) is 80.6 Å². The van der Waals surface area contributed by atoms with E-state index < -0.39 is 0 Å². The number of benzene rings is 2. The number of fused-ring (bicyclic) bond motifs is 1. The van der Waals surface area contributed by atoms with Gasteiger partial charge in [-0.2, -0.15) is 0 Å². The number of rotatable bonds is 6. The summed E-state index contributed by atoms with van der Waals surface area (Å²) in [6.45, 7) is 0.673. The molecule has 7 heteroatoms. The van der Waals surface area contributed by atoms with Crippen molar-refractivity contribution in [3.63, 3.8) is 0 Å². The highest BCUT2D eigenvalue weighted by atomic mass is 16.5. The number of amides is 1. The van der Waals surface area contributed by atoms with Gasteiger partial charge in [0.05, 0.1) is 20.4 Å². The Morgan fingerprint density at radius 2 is 2.03 bits per heavy atom. The van der Waals surface area contributed by atoms with Crippen molar-refractivity contribution in [2.45, 2.75) is 31.7 Å². The maximum absolute atomic E-state index is 13.5. The SMILES string of the molecule is COc1ccc2[nH]c(C(=O)N3CCCCC3c3ncc(Cc4ccccc4OC)o3)cc2c1. The summed E-state index contributed by atoms with van der Waals surface area (Å²) in [6, 6.07) is 15.3. The number of H-pyrrole nitrogens is 1. The summed E-state index contributed by atoms with van der Waals surface area (Å²) in [5.74, 6) is 2.88. The first-order chi connectivity index (χ1) is 16.2. The third-order valence-electron chi connectivity index (χ3n) is 6.24. The van der Waals surface area contributed by atoms with Crippen LogP contribution in [0.3, 0.4) is 0 Å². The molecule has 1 aliphatic rings. The Bertz CT molecular complexity index is 1280. The van der Waals surface area contributed by atoms with Crippen molar-refractivity contribution in [2.75, 3.05) is 20.8 Å². The maximum Gasteiger partial charge on any atom is 0.270 e. The van der Waals surface area contributed by atoms with E-state index in [4.69, 9.17) is 13.9 Å². The Balaban J connectivity index is 1.38. The normalized spacial score (nSPS) is 16.2. The zero-order valence-corrected chi connectivity index (χ0v) is 18.8. The quantitative estimate of drug-likeness (QED) is 0.445. The Morgan fingerprint density at radius 1 is 1.15 bits per heavy atom. The fourth-order valence-electron chi connectivity index (χ4n) is 4.53. The van der Waals surface area contributed by atoms with Crippen molar-refractivity contribution in [2.24, 2.45) is 0 Å². The number of carbonyl (C=O) groups is 1. The van der Waals surface area contributed by atoms with Gasteiger partial charge in [0.1, 0.15) is 29.0 Å². The van der Waals surface area contributed by atoms with Crippen molar-refractivity contribution >= 4 is 16.8 Å². The molecule has 0 bridgehead atoms. The average Bonchev–Trinajstić information content (AvgIpc) is 3.50. The van der Waals surface area contributed by atoms with E-state index in [2.05, 4.69) is 9.97 Å². The van der Waals surface area contributed by atoms with Gasteiger partial charge in [-0.1, -0.05) is 18.2 Å². The fourth-order valence-corrected chi connectivity index (χ4v) is 4.53. The minimum atomic E-state index is -0.182. The van der Waals surface area contributed by atoms with Crippen molar-refractivity contribution < 1.29 is 18.7 Å². The number of piperidine rings is 1. The molecule has 5 rings (SSSR count). The Morgan fingerprint density at radius 3 is 2.88 bits per heavy atom. The Labute approximate surface area is 192 Å². The van der Waals surface area contributed by atoms with Gasteiger partial charge in [-0.3, -0.25) is 4.79 Å². The van der Waals surface area contributed by atoms with E-state index in [1.807, 2.05) is 53.4 Å². The van der Waals surface area contributed by atoms with Crippen LogP contribution in [0.1, 0.15) is 53.0 Å². The van der Waals surface area contributed by atoms with E-state index in [0.29, 0.717) is 24.6 Å². The van der Waals surface area contributed by atoms with Crippen molar-refractivity contribution in [3.8, 4) is 11.5 Å². The average molecular weight is 446 g/mol. The lowest BCUT2D eigenvalue weighted by atomic mass is 10.0. The number of aromatic amines is 1. The smallest absolute Gasteiger partial charge is 0.270 e. The van der Waals surface area contributed by atoms with Crippen LogP contribution in [0.5, 0.6) is 11.5 Å². The molecule has 0 spiro atoms. The van der Waals surface area contributed by atoms with Gasteiger partial charge in [0.25, 0.3) is 5.91 Å². The molecule has 0 aliphatic carbocycles. The first kappa shape index (κ1) is 21.1. The molecule has 33 heavy (non-hydrogen) atoms. The van der Waals surface area contributed by atoms with Gasteiger partial charge >= 0.3 is 0 Å². The van der Waals surface area contributed by atoms with Gasteiger partial charge < -0.3 is 23.8 Å². The highest BCUT2D eigenvalue weighted by molar-refractivity contribution is 5.98. The van der Waals surface area contributed by atoms with Gasteiger partial charge in [-0.05, 0) is 49.6 Å². The molecule has 1 fully saturated rings. The van der Waals surface area contributed by atoms with Gasteiger partial charge in [-0.25, -0.2) is 4.98 Å². The van der Waals surface area contributed by atoms with Gasteiger partial charge in [0.15, 0.2) is 0 Å². The molecule has 7 nitrogen and oxygen atoms in total. The van der Waals surface area contributed by atoms with E-state index in [9.17, 15) is 4.79 Å². The van der Waals surface area contributed by atoms with E-state index in [1.165, 1.54) is 0 Å². The molecule has 170 valence electrons. The predicted molar refractivity (Wildman–Crippen MR) is 125 cm³/mol. The number of aromatic nitrogens is 2. The predicted octanol–water partition coefficient (Wildman–Crippen LogP) is 5.13. The second kappa shape index (κ2) is 9.02. The fraction of sp³-hybridized carbons (Fsp3) is 0.308. The number of carbonyl (C=O) groups excluding carboxylic acids is 1. The summed E-state index contributed by atoms with van der Waals surface area (Å²) in [5.41, 5.74) is 2.50. The minimum Gasteiger partial charge on any atom is -0.497 e. The number of hydrogen-bond acceptors (Lipinski definition) is 5. The summed E-state index contributed by atoms with van der Waals surface area (Å²) in [6.07, 6.45) is 5.16. The van der Waals surface area contributed by atoms with E-state index in [0.717, 1.165) is 53.0 Å². The second-order valence-corrected chi connectivity index (χ2v) is 8.30. The summed E-state index contributed by atoms with van der Waals surface area (Å²) in [7, 11) is 3.30. The maximum atomic E-state index is 13.5. The minimum absolute atomic E-state index is 0.0423. The molecule has 1 aliphatic heterocycles. The van der Waals surface area contributed by atoms with Crippen LogP contribution < -0.4 is 9.47 Å². The van der Waals surface area contributed by atoms with Gasteiger partial charge in [0.2, 0.25) is 5.89 Å². The van der Waals surface area contributed by atoms with E-state index in [-0.39, 0.29) is 11.9 Å². The van der Waals surface area contributed by atoms with Crippen molar-refractivity contribution in [1.29, 1.82) is 0 Å². The molecule has 2 aromatic carbocycles. The highest BCUT2D eigenvalue weighted by Crippen LogP contribution is 2.33. The van der Waals surface area contributed by atoms with Gasteiger partial charge in [-0.15, -0.1) is 0 Å². The molecule has 0 saturated carbocycles. The molecule has 0 radical (unpaired) electrons. The van der Waals surface area contributed by atoms with Crippen LogP contribution in [0.15, 0.2) is 59.1 Å². The molecule has 1 saturated heterocycles. The first-order valence-electron chi connectivity index (χ1n) is 11.2. The van der Waals surface area contributed by atoms with Gasteiger partial charge in [0, 0.05) is 29.4 Å². The zero-order chi connectivity index (χ0) is 22.8. The Kier molecular flexibility index (Phi) is 5.77. The van der Waals surface area contributed by atoms with Crippen LogP contribution in [0.25, 0.3) is 10.9 Å². The number of nitrogens with zero attached hydrogens (tertiary/aromatic N) is 2. The molecular formula is C26H27N3O4. The molecule has 1 unspecified atom stereocenters. The number of oxazole rings is 1. The first-order valence-corrected chi connectivity index (χ1v) is 11.2. The lowest BCUT2D eigenvalue weighted by Gasteiger charge is -2.33. The van der Waals surface area contributed by atoms with E-state index >= 15 is 0 Å². The standard InChI is InChI=1S/C26H27N3O4/c1-31-19-10-11-21-18(14-19)15-22(28-21)26(30)29-12-6-5-8-23(29)25-27-16-20(33-25)13-17-7-3-4-9-24(17)32-2/h3-4,7,9-11,14-16,23,28H,5-6,8,12-13H2,1-2H3. The summed E-state index contributed by atoms with van der Waals surface area (Å²) >= 11 is 0. The molecular weight excluding hydrogens is 418 g/mol. The number of nitrogens with one attached hydrogen (secondary N) is 1. The van der Waals surface area contributed by atoms with Crippen LogP contribution in [0.2, 0.25) is 0 Å². The van der Waals surface area contributed by atoms with Crippen LogP contribution in [-0.2, 0) is 6.42 Å². The lowest BCUT2D eigenvalue weighted by Crippen LogP contribution is -2.38. The lowest BCUT2D eigenvalue weighted by molar-refractivity contribution is 0.0565. The number of methoxy groups -OCH3 is 2. The Hall–Kier alpha value is -3.74. The highest BCUT2D eigenvalue weighted by Gasteiger charge is 2.32. The summed E-state index contributed by atoms with van der Waals surface area (Å²) in [4.78, 5) is 23.2. The summed E-state index contributed by atoms with van der Waals surface area (Å²) in [5, 5.41) is 0.946. The molecule has 2 aromatic heterocycles. The molecule has 4 aromatic rings. The number of ether oxygens (including phenoxy) is 2. The van der Waals surface area contributed by atoms with Crippen LogP contribution in [0.4, 0.5) is 0 Å². The number of hydrogen-bond donors (Lipinski definition) is 1. The molecule has 1 N–H and O–H groups in total. The third kappa shape index (κ3) is 4.18. The van der Waals surface area contributed by atoms with Crippen LogP contribution >= 0.6 is 0 Å². The molecule has 1 atom stereocenters. The second-order valence-electron chi connectivity index (χ2n) is 8.30. The number of para-hydroxylation sites is 1. The number of likely N-dealkylation sites (tertiary alicyclic amines) is 1. The molecule has 3 heterocycles. The third-order valence-corrected chi connectivity index (χ3v) is 6.24. The van der Waals surface area contributed by atoms with Crippen LogP contribution in [-0.4, -0.2) is 41.5 Å². The van der Waals surface area contributed by atoms with Crippen molar-refractivity contribution in [1.82, 2.24) is 14.9 Å². The van der Waals surface area contributed by atoms with E-state index in [1.54, 1.807) is 20.4 Å². The molecule has 1 amide bonds. The van der Waals surface area contributed by atoms with Crippen LogP contribution in [0, 0.1) is 0 Å². The monoisotopic (exact) mass is 445 g/mol.